The summed E-state index contributed by atoms with van der Waals surface area (Å²) in [4.78, 5) is 49.6. The van der Waals surface area contributed by atoms with Crippen LogP contribution in [0.4, 0.5) is 9.59 Å². The van der Waals surface area contributed by atoms with Crippen LogP contribution in [-0.4, -0.2) is 55.7 Å². The molecule has 0 spiro atoms. The summed E-state index contributed by atoms with van der Waals surface area (Å²) in [6.07, 6.45) is -3.38. The maximum atomic E-state index is 12.7. The second-order valence-electron chi connectivity index (χ2n) is 13.3. The van der Waals surface area contributed by atoms with Crippen molar-refractivity contribution < 1.29 is 47.6 Å². The highest BCUT2D eigenvalue weighted by Gasteiger charge is 2.27. The van der Waals surface area contributed by atoms with Gasteiger partial charge in [0.2, 0.25) is 0 Å². The molecule has 1 rings (SSSR count). The molecule has 0 amide bonds. The third-order valence-corrected chi connectivity index (χ3v) is 6.04. The summed E-state index contributed by atoms with van der Waals surface area (Å²) < 4.78 is 31.8. The molecule has 1 unspecified atom stereocenters. The zero-order valence-electron chi connectivity index (χ0n) is 26.9. The second-order valence-corrected chi connectivity index (χ2v) is 13.3. The maximum Gasteiger partial charge on any atom is 0.513 e. The summed E-state index contributed by atoms with van der Waals surface area (Å²) in [5.74, 6) is -1.47. The van der Waals surface area contributed by atoms with Gasteiger partial charge in [-0.3, -0.25) is 9.59 Å². The van der Waals surface area contributed by atoms with Crippen LogP contribution < -0.4 is 15.2 Å². The lowest BCUT2D eigenvalue weighted by Gasteiger charge is -2.24. The molecule has 11 heteroatoms. The molecule has 0 fully saturated rings. The van der Waals surface area contributed by atoms with E-state index in [0.29, 0.717) is 5.56 Å². The van der Waals surface area contributed by atoms with Gasteiger partial charge >= 0.3 is 24.2 Å². The van der Waals surface area contributed by atoms with E-state index in [2.05, 4.69) is 0 Å². The molecule has 0 heterocycles. The van der Waals surface area contributed by atoms with Crippen molar-refractivity contribution in [3.05, 3.63) is 23.8 Å². The van der Waals surface area contributed by atoms with Crippen molar-refractivity contribution >= 4 is 24.2 Å². The van der Waals surface area contributed by atoms with Gasteiger partial charge in [0.05, 0.1) is 19.1 Å². The van der Waals surface area contributed by atoms with E-state index in [1.54, 1.807) is 26.8 Å². The summed E-state index contributed by atoms with van der Waals surface area (Å²) in [6.45, 7) is 20.4. The molecule has 0 aliphatic heterocycles. The fourth-order valence-electron chi connectivity index (χ4n) is 3.00. The fraction of sp³-hybridized carbons (Fsp3) is 0.677. The lowest BCUT2D eigenvalue weighted by Crippen LogP contribution is -2.40. The SMILES string of the molecule is CC(C)C(C)C(=O)O[C@@H](C)[C@H](C)OC(=O)[C@@H](N)Cc1ccc(OC(=O)OCC(C)(C)C)c(OC(=O)OCC(C)(C)C)c1. The highest BCUT2D eigenvalue weighted by molar-refractivity contribution is 5.76. The van der Waals surface area contributed by atoms with E-state index in [0.717, 1.165) is 0 Å². The van der Waals surface area contributed by atoms with Crippen LogP contribution in [-0.2, 0) is 35.0 Å². The minimum absolute atomic E-state index is 0.00621. The molecule has 0 saturated heterocycles. The number of hydrogen-bond acceptors (Lipinski definition) is 11. The fourth-order valence-corrected chi connectivity index (χ4v) is 3.00. The van der Waals surface area contributed by atoms with Crippen LogP contribution in [0.3, 0.4) is 0 Å². The lowest BCUT2D eigenvalue weighted by atomic mass is 9.98. The van der Waals surface area contributed by atoms with Crippen LogP contribution >= 0.6 is 0 Å². The van der Waals surface area contributed by atoms with Gasteiger partial charge < -0.3 is 34.2 Å². The first-order valence-corrected chi connectivity index (χ1v) is 14.2. The maximum absolute atomic E-state index is 12.7. The molecule has 11 nitrogen and oxygen atoms in total. The number of carbonyl (C=O) groups is 4. The van der Waals surface area contributed by atoms with E-state index in [1.165, 1.54) is 12.1 Å². The first-order valence-electron chi connectivity index (χ1n) is 14.2. The van der Waals surface area contributed by atoms with E-state index in [-0.39, 0.29) is 59.8 Å². The van der Waals surface area contributed by atoms with E-state index >= 15 is 0 Å². The molecule has 1 aromatic rings. The normalized spacial score (nSPS) is 14.7. The van der Waals surface area contributed by atoms with Crippen molar-refractivity contribution in [3.8, 4) is 11.5 Å². The van der Waals surface area contributed by atoms with E-state index in [9.17, 15) is 19.2 Å². The monoisotopic (exact) mass is 595 g/mol. The Bertz CT molecular complexity index is 1070. The molecule has 42 heavy (non-hydrogen) atoms. The van der Waals surface area contributed by atoms with Gasteiger partial charge in [-0.2, -0.15) is 0 Å². The Morgan fingerprint density at radius 1 is 0.714 bits per heavy atom. The highest BCUT2D eigenvalue weighted by atomic mass is 16.7. The number of hydrogen-bond donors (Lipinski definition) is 1. The Labute approximate surface area is 249 Å². The summed E-state index contributed by atoms with van der Waals surface area (Å²) in [7, 11) is 0. The predicted octanol–water partition coefficient (Wildman–Crippen LogP) is 5.83. The van der Waals surface area contributed by atoms with Crippen molar-refractivity contribution in [3.63, 3.8) is 0 Å². The summed E-state index contributed by atoms with van der Waals surface area (Å²) >= 11 is 0. The topological polar surface area (TPSA) is 150 Å². The minimum atomic E-state index is -1.09. The van der Waals surface area contributed by atoms with Gasteiger partial charge in [-0.25, -0.2) is 9.59 Å². The van der Waals surface area contributed by atoms with Gasteiger partial charge in [0.25, 0.3) is 0 Å². The Morgan fingerprint density at radius 3 is 1.62 bits per heavy atom. The Hall–Kier alpha value is -3.34. The standard InChI is InChI=1S/C31H49NO10/c1-18(2)19(3)26(33)39-20(4)21(5)40-27(34)23(32)14-22-12-13-24(41-28(35)37-16-30(6,7)8)25(15-22)42-29(36)38-17-31(9,10)11/h12-13,15,18-21,23H,14,16-17,32H2,1-11H3/t19?,20-,21-,23-/m0/s1. The number of nitrogens with two attached hydrogens (primary N) is 1. The van der Waals surface area contributed by atoms with Gasteiger partial charge in [-0.05, 0) is 54.7 Å². The van der Waals surface area contributed by atoms with Crippen LogP contribution in [0.2, 0.25) is 0 Å². The van der Waals surface area contributed by atoms with Gasteiger partial charge in [-0.1, -0.05) is 68.4 Å². The Morgan fingerprint density at radius 2 is 1.17 bits per heavy atom. The molecule has 0 aliphatic carbocycles. The summed E-state index contributed by atoms with van der Waals surface area (Å²) in [5.41, 5.74) is 6.02. The van der Waals surface area contributed by atoms with Crippen molar-refractivity contribution in [1.29, 1.82) is 0 Å². The highest BCUT2D eigenvalue weighted by Crippen LogP contribution is 2.30. The number of esters is 2. The average molecular weight is 596 g/mol. The molecule has 2 N–H and O–H groups in total. The zero-order chi connectivity index (χ0) is 32.4. The summed E-state index contributed by atoms with van der Waals surface area (Å²) in [5, 5.41) is 0. The van der Waals surface area contributed by atoms with Crippen molar-refractivity contribution in [2.45, 2.75) is 101 Å². The smallest absolute Gasteiger partial charge is 0.459 e. The average Bonchev–Trinajstić information content (AvgIpc) is 2.86. The number of ether oxygens (including phenoxy) is 6. The molecular formula is C31H49NO10. The largest absolute Gasteiger partial charge is 0.513 e. The van der Waals surface area contributed by atoms with E-state index in [1.807, 2.05) is 55.4 Å². The van der Waals surface area contributed by atoms with Gasteiger partial charge in [0.15, 0.2) is 11.5 Å². The van der Waals surface area contributed by atoms with Crippen LogP contribution in [0.15, 0.2) is 18.2 Å². The van der Waals surface area contributed by atoms with Crippen LogP contribution in [0.25, 0.3) is 0 Å². The quantitative estimate of drug-likeness (QED) is 0.176. The van der Waals surface area contributed by atoms with Crippen molar-refractivity contribution in [2.75, 3.05) is 13.2 Å². The van der Waals surface area contributed by atoms with Crippen LogP contribution in [0.1, 0.15) is 81.7 Å². The third-order valence-electron chi connectivity index (χ3n) is 6.04. The molecule has 0 radical (unpaired) electrons. The first-order chi connectivity index (χ1) is 19.2. The summed E-state index contributed by atoms with van der Waals surface area (Å²) in [6, 6.07) is 3.29. The van der Waals surface area contributed by atoms with Crippen LogP contribution in [0, 0.1) is 22.7 Å². The van der Waals surface area contributed by atoms with Crippen molar-refractivity contribution in [2.24, 2.45) is 28.4 Å². The molecule has 0 saturated carbocycles. The molecule has 0 aliphatic rings. The van der Waals surface area contributed by atoms with E-state index in [4.69, 9.17) is 34.2 Å². The van der Waals surface area contributed by atoms with Crippen LogP contribution in [0.5, 0.6) is 11.5 Å². The minimum Gasteiger partial charge on any atom is -0.459 e. The molecule has 1 aromatic carbocycles. The molecule has 0 aromatic heterocycles. The number of benzene rings is 1. The van der Waals surface area contributed by atoms with Gasteiger partial charge in [0.1, 0.15) is 18.2 Å². The zero-order valence-corrected chi connectivity index (χ0v) is 26.9. The van der Waals surface area contributed by atoms with E-state index < -0.39 is 36.5 Å². The predicted molar refractivity (Wildman–Crippen MR) is 156 cm³/mol. The van der Waals surface area contributed by atoms with Gasteiger partial charge in [-0.15, -0.1) is 0 Å². The number of carbonyl (C=O) groups excluding carboxylic acids is 4. The molecule has 4 atom stereocenters. The Kier molecular flexibility index (Phi) is 13.8. The van der Waals surface area contributed by atoms with Gasteiger partial charge in [0, 0.05) is 0 Å². The Balaban J connectivity index is 2.98. The second kappa shape index (κ2) is 15.8. The van der Waals surface area contributed by atoms with Crippen molar-refractivity contribution in [1.82, 2.24) is 0 Å². The third kappa shape index (κ3) is 14.0. The number of rotatable bonds is 12. The molecule has 0 bridgehead atoms. The first kappa shape index (κ1) is 36.7. The molecule has 238 valence electrons. The lowest BCUT2D eigenvalue weighted by molar-refractivity contribution is -0.169. The molecular weight excluding hydrogens is 546 g/mol.